The number of aliphatic hydroxyl groups is 4. The maximum Gasteiger partial charge on any atom is 0.311 e. The lowest BCUT2D eigenvalue weighted by Crippen LogP contribution is -2.61. The predicted molar refractivity (Wildman–Crippen MR) is 196 cm³/mol. The Morgan fingerprint density at radius 1 is 0.926 bits per heavy atom. The molecule has 314 valence electrons. The first-order valence-electron chi connectivity index (χ1n) is 19.4. The van der Waals surface area contributed by atoms with Crippen molar-refractivity contribution in [1.82, 2.24) is 4.90 Å². The Kier molecular flexibility index (Phi) is 15.7. The normalized spacial score (nSPS) is 47.5. The van der Waals surface area contributed by atoms with Gasteiger partial charge < -0.3 is 58.5 Å². The number of Topliss-reactive ketones (excluding diaryl/α,β-unsaturated/α-hetero) is 1. The lowest BCUT2D eigenvalue weighted by Gasteiger charge is -2.49. The summed E-state index contributed by atoms with van der Waals surface area (Å²) in [5.74, 6) is -5.60. The summed E-state index contributed by atoms with van der Waals surface area (Å²) in [5, 5.41) is 47.0. The number of aliphatic hydroxyl groups excluding tert-OH is 2. The molecule has 0 aromatic rings. The third-order valence-electron chi connectivity index (χ3n) is 12.1. The van der Waals surface area contributed by atoms with Gasteiger partial charge in [-0.1, -0.05) is 27.7 Å². The van der Waals surface area contributed by atoms with Crippen LogP contribution in [-0.2, 0) is 47.5 Å². The molecule has 3 rings (SSSR count). The van der Waals surface area contributed by atoms with Crippen molar-refractivity contribution in [2.24, 2.45) is 23.7 Å². The van der Waals surface area contributed by atoms with Crippen molar-refractivity contribution in [1.29, 1.82) is 0 Å². The minimum Gasteiger partial charge on any atom is -0.459 e. The highest BCUT2D eigenvalue weighted by Gasteiger charge is 2.54. The van der Waals surface area contributed by atoms with Crippen molar-refractivity contribution >= 4 is 17.7 Å². The first-order valence-corrected chi connectivity index (χ1v) is 19.4. The SMILES string of the molecule is CCC1OC(=O)[C@H](C)C(O[C@H]2C[C@@](C)(OC)[C@@H](OC(C)=O)[C@H](C)O2)[C@H](C)[C@@H](O[C@@H]2O[C@H](C)C[C@H](N(C)C)[C@H]2O)[C@](C)(O)C[C@@H](C)C(=O)[C@H](C)[C@@H](O)[C@]1(C)O. The van der Waals surface area contributed by atoms with Gasteiger partial charge in [0.2, 0.25) is 0 Å². The summed E-state index contributed by atoms with van der Waals surface area (Å²) >= 11 is 0. The zero-order valence-corrected chi connectivity index (χ0v) is 34.8. The van der Waals surface area contributed by atoms with Crippen LogP contribution in [0.1, 0.15) is 102 Å². The number of hydrogen-bond acceptors (Lipinski definition) is 15. The smallest absolute Gasteiger partial charge is 0.311 e. The van der Waals surface area contributed by atoms with Gasteiger partial charge in [-0.15, -0.1) is 0 Å². The molecule has 3 aliphatic heterocycles. The fourth-order valence-corrected chi connectivity index (χ4v) is 8.80. The van der Waals surface area contributed by atoms with E-state index in [1.165, 1.54) is 34.8 Å². The Morgan fingerprint density at radius 3 is 2.07 bits per heavy atom. The van der Waals surface area contributed by atoms with Gasteiger partial charge in [0.15, 0.2) is 18.7 Å². The highest BCUT2D eigenvalue weighted by molar-refractivity contribution is 5.83. The van der Waals surface area contributed by atoms with E-state index in [0.29, 0.717) is 6.42 Å². The van der Waals surface area contributed by atoms with Crippen LogP contribution in [0.25, 0.3) is 0 Å². The van der Waals surface area contributed by atoms with Crippen molar-refractivity contribution in [3.05, 3.63) is 0 Å². The van der Waals surface area contributed by atoms with E-state index in [-0.39, 0.29) is 31.4 Å². The van der Waals surface area contributed by atoms with Gasteiger partial charge in [0.1, 0.15) is 29.2 Å². The summed E-state index contributed by atoms with van der Waals surface area (Å²) in [6, 6.07) is -0.339. The molecular weight excluding hydrogens is 706 g/mol. The molecule has 3 heterocycles. The van der Waals surface area contributed by atoms with E-state index in [0.717, 1.165) is 0 Å². The number of cyclic esters (lactones) is 1. The van der Waals surface area contributed by atoms with E-state index in [9.17, 15) is 34.8 Å². The van der Waals surface area contributed by atoms with Crippen LogP contribution >= 0.6 is 0 Å². The van der Waals surface area contributed by atoms with Crippen molar-refractivity contribution in [2.45, 2.75) is 186 Å². The minimum atomic E-state index is -2.01. The second-order valence-electron chi connectivity index (χ2n) is 17.1. The molecule has 0 amide bonds. The van der Waals surface area contributed by atoms with E-state index in [1.807, 2.05) is 25.9 Å². The second kappa shape index (κ2) is 18.2. The lowest BCUT2D eigenvalue weighted by molar-refractivity contribution is -0.318. The molecule has 3 aliphatic rings. The quantitative estimate of drug-likeness (QED) is 0.262. The molecule has 18 atom stereocenters. The summed E-state index contributed by atoms with van der Waals surface area (Å²) in [5.41, 5.74) is -4.89. The second-order valence-corrected chi connectivity index (χ2v) is 17.1. The maximum absolute atomic E-state index is 14.2. The molecule has 0 aliphatic carbocycles. The third kappa shape index (κ3) is 10.2. The number of hydrogen-bond donors (Lipinski definition) is 4. The standard InChI is InChI=1S/C39H69NO14/c1-15-27-39(11,47)32(44)21(4)29(42)19(2)17-37(9,46)33(54-36-30(43)26(40(12)13)16-20(3)49-36)22(5)31(23(6)35(45)52-27)53-28-18-38(10,48-14)34(24(7)50-28)51-25(8)41/h19-24,26-28,30-34,36,43-44,46-47H,15-18H2,1-14H3/t19-,20-,21+,22+,23-,24+,26+,27?,28+,30-,31?,32-,33-,34+,36+,37-,38-,39-/m1/s1. The predicted octanol–water partition coefficient (Wildman–Crippen LogP) is 2.36. The summed E-state index contributed by atoms with van der Waals surface area (Å²) in [7, 11) is 5.17. The molecule has 3 saturated heterocycles. The van der Waals surface area contributed by atoms with Crippen LogP contribution in [0.15, 0.2) is 0 Å². The fourth-order valence-electron chi connectivity index (χ4n) is 8.80. The lowest BCUT2D eigenvalue weighted by atomic mass is 9.74. The Balaban J connectivity index is 2.19. The van der Waals surface area contributed by atoms with Crippen molar-refractivity contribution < 1.29 is 68.0 Å². The molecule has 3 fully saturated rings. The van der Waals surface area contributed by atoms with E-state index < -0.39 is 114 Å². The van der Waals surface area contributed by atoms with Crippen molar-refractivity contribution in [3.8, 4) is 0 Å². The summed E-state index contributed by atoms with van der Waals surface area (Å²) in [4.78, 5) is 41.9. The van der Waals surface area contributed by atoms with Crippen LogP contribution in [-0.4, -0.2) is 149 Å². The Morgan fingerprint density at radius 2 is 1.54 bits per heavy atom. The number of ketones is 1. The van der Waals surface area contributed by atoms with E-state index in [1.54, 1.807) is 41.5 Å². The van der Waals surface area contributed by atoms with Gasteiger partial charge in [-0.2, -0.15) is 0 Å². The van der Waals surface area contributed by atoms with Crippen LogP contribution in [0, 0.1) is 23.7 Å². The number of nitrogens with zero attached hydrogens (tertiary/aromatic N) is 1. The van der Waals surface area contributed by atoms with Gasteiger partial charge in [0.25, 0.3) is 0 Å². The molecule has 4 N–H and O–H groups in total. The number of ether oxygens (including phenoxy) is 7. The molecule has 0 aromatic heterocycles. The molecule has 0 spiro atoms. The topological polar surface area (TPSA) is 200 Å². The zero-order valence-electron chi connectivity index (χ0n) is 34.8. The number of likely N-dealkylation sites (N-methyl/N-ethyl adjacent to an activating group) is 1. The number of esters is 2. The van der Waals surface area contributed by atoms with Gasteiger partial charge in [0, 0.05) is 44.2 Å². The average molecular weight is 776 g/mol. The molecular formula is C39H69NO14. The maximum atomic E-state index is 14.2. The first kappa shape index (κ1) is 46.6. The molecule has 0 bridgehead atoms. The van der Waals surface area contributed by atoms with Gasteiger partial charge in [0.05, 0.1) is 42.0 Å². The fraction of sp³-hybridized carbons (Fsp3) is 0.923. The largest absolute Gasteiger partial charge is 0.459 e. The molecule has 54 heavy (non-hydrogen) atoms. The summed E-state index contributed by atoms with van der Waals surface area (Å²) in [6.45, 7) is 17.6. The number of carbonyl (C=O) groups excluding carboxylic acids is 3. The van der Waals surface area contributed by atoms with Gasteiger partial charge >= 0.3 is 11.9 Å². The van der Waals surface area contributed by atoms with Crippen molar-refractivity contribution in [3.63, 3.8) is 0 Å². The molecule has 2 unspecified atom stereocenters. The third-order valence-corrected chi connectivity index (χ3v) is 12.1. The summed E-state index contributed by atoms with van der Waals surface area (Å²) < 4.78 is 43.1. The van der Waals surface area contributed by atoms with E-state index in [2.05, 4.69) is 0 Å². The van der Waals surface area contributed by atoms with Crippen LogP contribution in [0.3, 0.4) is 0 Å². The average Bonchev–Trinajstić information content (AvgIpc) is 3.08. The highest BCUT2D eigenvalue weighted by Crippen LogP contribution is 2.41. The number of rotatable bonds is 8. The van der Waals surface area contributed by atoms with Gasteiger partial charge in [-0.05, 0) is 74.9 Å². The van der Waals surface area contributed by atoms with Gasteiger partial charge in [-0.3, -0.25) is 14.4 Å². The van der Waals surface area contributed by atoms with Crippen LogP contribution in [0.5, 0.6) is 0 Å². The number of methoxy groups -OCH3 is 1. The summed E-state index contributed by atoms with van der Waals surface area (Å²) in [6.07, 6.45) is -9.75. The molecule has 0 aromatic carbocycles. The molecule has 15 heteroatoms. The Hall–Kier alpha value is -1.79. The minimum absolute atomic E-state index is 0.0765. The monoisotopic (exact) mass is 775 g/mol. The van der Waals surface area contributed by atoms with Crippen LogP contribution in [0.2, 0.25) is 0 Å². The Bertz CT molecular complexity index is 1280. The molecule has 0 radical (unpaired) electrons. The van der Waals surface area contributed by atoms with E-state index >= 15 is 0 Å². The van der Waals surface area contributed by atoms with Gasteiger partial charge in [-0.25, -0.2) is 0 Å². The first-order chi connectivity index (χ1) is 24.8. The van der Waals surface area contributed by atoms with E-state index in [4.69, 9.17) is 33.2 Å². The van der Waals surface area contributed by atoms with Crippen LogP contribution < -0.4 is 0 Å². The van der Waals surface area contributed by atoms with Crippen molar-refractivity contribution in [2.75, 3.05) is 21.2 Å². The number of carbonyl (C=O) groups is 3. The van der Waals surface area contributed by atoms with Crippen LogP contribution in [0.4, 0.5) is 0 Å². The molecule has 0 saturated carbocycles. The molecule has 15 nitrogen and oxygen atoms in total. The Labute approximate surface area is 321 Å². The highest BCUT2D eigenvalue weighted by atomic mass is 16.7. The zero-order chi connectivity index (χ0) is 41.2.